The highest BCUT2D eigenvalue weighted by Crippen LogP contribution is 2.45. The fourth-order valence-corrected chi connectivity index (χ4v) is 6.80. The van der Waals surface area contributed by atoms with E-state index in [0.29, 0.717) is 56.0 Å². The summed E-state index contributed by atoms with van der Waals surface area (Å²) in [5.41, 5.74) is 2.38. The predicted molar refractivity (Wildman–Crippen MR) is 129 cm³/mol. The molecule has 2 aromatic heterocycles. The first-order valence-electron chi connectivity index (χ1n) is 12.7. The van der Waals surface area contributed by atoms with E-state index in [1.807, 2.05) is 24.5 Å². The normalized spacial score (nSPS) is 26.1. The molecule has 2 atom stereocenters. The van der Waals surface area contributed by atoms with Crippen LogP contribution in [0.1, 0.15) is 49.7 Å². The van der Waals surface area contributed by atoms with Crippen molar-refractivity contribution in [1.82, 2.24) is 14.9 Å². The Morgan fingerprint density at radius 2 is 1.85 bits per heavy atom. The molecule has 3 aromatic rings. The number of nitrogens with zero attached hydrogens (tertiary/aromatic N) is 2. The van der Waals surface area contributed by atoms with Crippen LogP contribution >= 0.6 is 0 Å². The lowest BCUT2D eigenvalue weighted by Crippen LogP contribution is -2.55. The van der Waals surface area contributed by atoms with E-state index in [2.05, 4.69) is 27.0 Å². The zero-order chi connectivity index (χ0) is 23.1. The number of hydrogen-bond acceptors (Lipinski definition) is 3. The Bertz CT molecular complexity index is 1170. The molecule has 0 aliphatic carbocycles. The number of aromatic nitrogens is 2. The van der Waals surface area contributed by atoms with Crippen molar-refractivity contribution in [1.29, 1.82) is 0 Å². The smallest absolute Gasteiger partial charge is 0.229 e. The maximum Gasteiger partial charge on any atom is 0.229 e. The van der Waals surface area contributed by atoms with Gasteiger partial charge in [0.25, 0.3) is 0 Å². The summed E-state index contributed by atoms with van der Waals surface area (Å²) in [5.74, 6) is 0.595. The summed E-state index contributed by atoms with van der Waals surface area (Å²) >= 11 is 0. The molecule has 178 valence electrons. The van der Waals surface area contributed by atoms with Gasteiger partial charge in [-0.05, 0) is 86.6 Å². The Kier molecular flexibility index (Phi) is 5.64. The molecule has 6 heteroatoms. The van der Waals surface area contributed by atoms with Gasteiger partial charge >= 0.3 is 0 Å². The number of pyridine rings is 1. The molecule has 0 unspecified atom stereocenters. The number of hydrogen-bond donors (Lipinski definition) is 1. The van der Waals surface area contributed by atoms with Gasteiger partial charge in [0.2, 0.25) is 5.91 Å². The molecular weight excluding hydrogens is 429 g/mol. The highest BCUT2D eigenvalue weighted by molar-refractivity contribution is 5.84. The number of benzene rings is 1. The molecule has 1 aromatic carbocycles. The number of H-pyrrole nitrogens is 1. The second-order valence-electron chi connectivity index (χ2n) is 10.5. The summed E-state index contributed by atoms with van der Waals surface area (Å²) in [6.07, 6.45) is 10.9. The second kappa shape index (κ2) is 8.81. The molecule has 6 rings (SSSR count). The molecule has 0 radical (unpaired) electrons. The van der Waals surface area contributed by atoms with E-state index >= 15 is 0 Å². The number of halogens is 1. The molecule has 5 nitrogen and oxygen atoms in total. The van der Waals surface area contributed by atoms with Gasteiger partial charge in [0, 0.05) is 43.1 Å². The highest BCUT2D eigenvalue weighted by Gasteiger charge is 2.50. The molecule has 34 heavy (non-hydrogen) atoms. The van der Waals surface area contributed by atoms with Crippen LogP contribution in [-0.2, 0) is 22.4 Å². The van der Waals surface area contributed by atoms with E-state index in [1.54, 1.807) is 6.07 Å². The molecule has 0 spiro atoms. The molecule has 1 N–H and O–H groups in total. The molecule has 1 amide bonds. The van der Waals surface area contributed by atoms with Crippen molar-refractivity contribution in [3.05, 3.63) is 65.7 Å². The molecule has 3 fully saturated rings. The second-order valence-corrected chi connectivity index (χ2v) is 10.5. The molecule has 2 bridgehead atoms. The van der Waals surface area contributed by atoms with Gasteiger partial charge in [-0.2, -0.15) is 0 Å². The number of carbonyl (C=O) groups excluding carboxylic acids is 1. The zero-order valence-electron chi connectivity index (χ0n) is 19.5. The van der Waals surface area contributed by atoms with Gasteiger partial charge < -0.3 is 14.6 Å². The molecular formula is C28H32FN3O2. The Morgan fingerprint density at radius 3 is 2.62 bits per heavy atom. The van der Waals surface area contributed by atoms with E-state index in [9.17, 15) is 9.18 Å². The van der Waals surface area contributed by atoms with Gasteiger partial charge in [0.15, 0.2) is 0 Å². The lowest BCUT2D eigenvalue weighted by molar-refractivity contribution is -0.153. The van der Waals surface area contributed by atoms with Gasteiger partial charge in [-0.15, -0.1) is 0 Å². The average Bonchev–Trinajstić information content (AvgIpc) is 3.44. The fraction of sp³-hybridized carbons (Fsp3) is 0.500. The maximum atomic E-state index is 14.6. The van der Waals surface area contributed by atoms with Crippen molar-refractivity contribution < 1.29 is 13.9 Å². The monoisotopic (exact) mass is 461 g/mol. The summed E-state index contributed by atoms with van der Waals surface area (Å²) in [6.45, 7) is 1.14. The highest BCUT2D eigenvalue weighted by atomic mass is 19.1. The summed E-state index contributed by atoms with van der Waals surface area (Å²) < 4.78 is 20.2. The first-order chi connectivity index (χ1) is 16.6. The van der Waals surface area contributed by atoms with Gasteiger partial charge in [-0.3, -0.25) is 4.79 Å². The number of rotatable bonds is 5. The summed E-state index contributed by atoms with van der Waals surface area (Å²) in [5, 5.41) is 1.21. The van der Waals surface area contributed by atoms with Crippen molar-refractivity contribution in [2.45, 2.75) is 63.5 Å². The third-order valence-corrected chi connectivity index (χ3v) is 8.51. The van der Waals surface area contributed by atoms with Gasteiger partial charge in [-0.25, -0.2) is 9.37 Å². The average molecular weight is 462 g/mol. The number of aromatic amines is 1. The summed E-state index contributed by atoms with van der Waals surface area (Å²) in [4.78, 5) is 24.1. The number of ether oxygens (including phenoxy) is 1. The van der Waals surface area contributed by atoms with Crippen LogP contribution in [0, 0.1) is 17.2 Å². The molecule has 3 saturated heterocycles. The van der Waals surface area contributed by atoms with Crippen LogP contribution in [0.5, 0.6) is 0 Å². The maximum absolute atomic E-state index is 14.6. The molecule has 3 aliphatic heterocycles. The van der Waals surface area contributed by atoms with E-state index in [0.717, 1.165) is 37.8 Å². The van der Waals surface area contributed by atoms with Crippen LogP contribution in [0.15, 0.2) is 48.8 Å². The minimum Gasteiger partial charge on any atom is -0.381 e. The quantitative estimate of drug-likeness (QED) is 0.578. The Labute approximate surface area is 199 Å². The first-order valence-corrected chi connectivity index (χ1v) is 12.7. The number of carbonyl (C=O) groups is 1. The number of nitrogens with one attached hydrogen (secondary N) is 1. The minimum absolute atomic E-state index is 0.212. The number of amides is 1. The van der Waals surface area contributed by atoms with E-state index in [4.69, 9.17) is 4.74 Å². The first kappa shape index (κ1) is 21.8. The van der Waals surface area contributed by atoms with E-state index < -0.39 is 5.41 Å². The van der Waals surface area contributed by atoms with Crippen molar-refractivity contribution in [2.75, 3.05) is 13.2 Å². The summed E-state index contributed by atoms with van der Waals surface area (Å²) in [6, 6.07) is 11.8. The van der Waals surface area contributed by atoms with E-state index in [-0.39, 0.29) is 11.7 Å². The standard InChI is InChI=1S/C28H32FN3O2/c29-25-4-2-1-3-21(25)18-28(9-13-34-14-10-28)27(33)32-22-5-6-23(32)17-19(16-22)15-20-7-11-30-26-24(20)8-12-31-26/h1-4,7-8,11-12,19,22-23H,5-6,9-10,13-18H2,(H,30,31)/t22-,23-/m0/s1. The van der Waals surface area contributed by atoms with Crippen molar-refractivity contribution >= 4 is 16.9 Å². The van der Waals surface area contributed by atoms with Crippen LogP contribution < -0.4 is 0 Å². The molecule has 3 aliphatic rings. The Morgan fingerprint density at radius 1 is 1.09 bits per heavy atom. The predicted octanol–water partition coefficient (Wildman–Crippen LogP) is 5.05. The van der Waals surface area contributed by atoms with Crippen LogP contribution in [0.4, 0.5) is 4.39 Å². The van der Waals surface area contributed by atoms with Crippen molar-refractivity contribution in [3.63, 3.8) is 0 Å². The molecule has 5 heterocycles. The Hall–Kier alpha value is -2.73. The topological polar surface area (TPSA) is 58.2 Å². The van der Waals surface area contributed by atoms with Gasteiger partial charge in [0.05, 0.1) is 5.41 Å². The molecule has 0 saturated carbocycles. The van der Waals surface area contributed by atoms with Gasteiger partial charge in [0.1, 0.15) is 11.5 Å². The largest absolute Gasteiger partial charge is 0.381 e. The SMILES string of the molecule is O=C(N1[C@H]2CC[C@H]1CC(Cc1ccnc3[nH]ccc13)C2)C1(Cc2ccccc2F)CCOCC1. The number of fused-ring (bicyclic) bond motifs is 3. The van der Waals surface area contributed by atoms with Crippen LogP contribution in [0.2, 0.25) is 0 Å². The third kappa shape index (κ3) is 3.82. The lowest BCUT2D eigenvalue weighted by Gasteiger charge is -2.46. The van der Waals surface area contributed by atoms with Gasteiger partial charge in [-0.1, -0.05) is 18.2 Å². The lowest BCUT2D eigenvalue weighted by atomic mass is 9.72. The summed E-state index contributed by atoms with van der Waals surface area (Å²) in [7, 11) is 0. The number of piperidine rings is 1. The minimum atomic E-state index is -0.559. The Balaban J connectivity index is 1.22. The van der Waals surface area contributed by atoms with E-state index in [1.165, 1.54) is 17.0 Å². The third-order valence-electron chi connectivity index (χ3n) is 8.51. The van der Waals surface area contributed by atoms with Crippen LogP contribution in [0.3, 0.4) is 0 Å². The van der Waals surface area contributed by atoms with Crippen molar-refractivity contribution in [3.8, 4) is 0 Å². The zero-order valence-corrected chi connectivity index (χ0v) is 19.5. The van der Waals surface area contributed by atoms with Crippen molar-refractivity contribution in [2.24, 2.45) is 11.3 Å². The van der Waals surface area contributed by atoms with Crippen LogP contribution in [-0.4, -0.2) is 46.1 Å². The van der Waals surface area contributed by atoms with Crippen LogP contribution in [0.25, 0.3) is 11.0 Å². The fourth-order valence-electron chi connectivity index (χ4n) is 6.80.